The summed E-state index contributed by atoms with van der Waals surface area (Å²) in [6.07, 6.45) is 0. The number of nitro groups is 1. The van der Waals surface area contributed by atoms with E-state index >= 15 is 0 Å². The molecule has 1 aromatic carbocycles. The monoisotopic (exact) mass is 338 g/mol. The van der Waals surface area contributed by atoms with Gasteiger partial charge < -0.3 is 9.73 Å². The Morgan fingerprint density at radius 3 is 2.75 bits per heavy atom. The molecule has 0 spiro atoms. The van der Waals surface area contributed by atoms with E-state index in [1.807, 2.05) is 26.0 Å². The van der Waals surface area contributed by atoms with Gasteiger partial charge in [-0.05, 0) is 38.1 Å². The van der Waals surface area contributed by atoms with E-state index in [9.17, 15) is 10.1 Å². The fourth-order valence-corrected chi connectivity index (χ4v) is 2.26. The number of nitrogens with one attached hydrogen (secondary N) is 1. The predicted molar refractivity (Wildman–Crippen MR) is 79.5 cm³/mol. The van der Waals surface area contributed by atoms with Gasteiger partial charge >= 0.3 is 0 Å². The summed E-state index contributed by atoms with van der Waals surface area (Å²) < 4.78 is 6.22. The largest absolute Gasteiger partial charge is 0.465 e. The number of nitro benzene ring substituents is 1. The molecule has 6 heteroatoms. The predicted octanol–water partition coefficient (Wildman–Crippen LogP) is 4.11. The number of nitrogens with zero attached hydrogens (tertiary/aromatic N) is 1. The molecule has 0 saturated carbocycles. The van der Waals surface area contributed by atoms with Gasteiger partial charge in [0.15, 0.2) is 0 Å². The van der Waals surface area contributed by atoms with E-state index in [0.29, 0.717) is 16.6 Å². The Balaban J connectivity index is 2.09. The average molecular weight is 339 g/mol. The van der Waals surface area contributed by atoms with Crippen LogP contribution in [0, 0.1) is 17.0 Å². The van der Waals surface area contributed by atoms with Crippen molar-refractivity contribution in [2.45, 2.75) is 26.4 Å². The lowest BCUT2D eigenvalue weighted by molar-refractivity contribution is -0.385. The lowest BCUT2D eigenvalue weighted by atomic mass is 10.1. The van der Waals surface area contributed by atoms with Gasteiger partial charge in [0, 0.05) is 22.6 Å². The Labute approximate surface area is 125 Å². The van der Waals surface area contributed by atoms with Crippen LogP contribution < -0.4 is 5.32 Å². The van der Waals surface area contributed by atoms with Crippen LogP contribution in [-0.2, 0) is 6.54 Å². The van der Waals surface area contributed by atoms with Crippen molar-refractivity contribution in [2.24, 2.45) is 0 Å². The standard InChI is InChI=1S/C14H15BrN2O3/c1-9-3-6-14(20-9)10(2)16-8-11-4-5-12(15)7-13(11)17(18)19/h3-7,10,16H,8H2,1-2H3. The Kier molecular flexibility index (Phi) is 4.57. The molecule has 0 radical (unpaired) electrons. The maximum atomic E-state index is 11.0. The third-order valence-corrected chi connectivity index (χ3v) is 3.52. The first-order valence-corrected chi connectivity index (χ1v) is 6.99. The van der Waals surface area contributed by atoms with Crippen molar-refractivity contribution < 1.29 is 9.34 Å². The average Bonchev–Trinajstić information content (AvgIpc) is 2.83. The summed E-state index contributed by atoms with van der Waals surface area (Å²) in [6, 6.07) is 8.85. The van der Waals surface area contributed by atoms with E-state index in [2.05, 4.69) is 21.2 Å². The number of hydrogen-bond donors (Lipinski definition) is 1. The molecular formula is C14H15BrN2O3. The smallest absolute Gasteiger partial charge is 0.275 e. The molecule has 0 fully saturated rings. The van der Waals surface area contributed by atoms with E-state index in [0.717, 1.165) is 11.5 Å². The summed E-state index contributed by atoms with van der Waals surface area (Å²) >= 11 is 3.24. The molecule has 0 aliphatic heterocycles. The summed E-state index contributed by atoms with van der Waals surface area (Å²) in [5, 5.41) is 14.3. The third kappa shape index (κ3) is 3.46. The molecule has 1 unspecified atom stereocenters. The molecule has 20 heavy (non-hydrogen) atoms. The van der Waals surface area contributed by atoms with Crippen LogP contribution in [0.5, 0.6) is 0 Å². The molecule has 2 rings (SSSR count). The van der Waals surface area contributed by atoms with Crippen molar-refractivity contribution >= 4 is 21.6 Å². The number of halogens is 1. The first kappa shape index (κ1) is 14.7. The van der Waals surface area contributed by atoms with Gasteiger partial charge in [0.05, 0.1) is 11.0 Å². The summed E-state index contributed by atoms with van der Waals surface area (Å²) in [6.45, 7) is 4.25. The van der Waals surface area contributed by atoms with Gasteiger partial charge in [0.2, 0.25) is 0 Å². The molecule has 5 nitrogen and oxygen atoms in total. The third-order valence-electron chi connectivity index (χ3n) is 3.03. The SMILES string of the molecule is Cc1ccc(C(C)NCc2ccc(Br)cc2[N+](=O)[O-])o1. The Hall–Kier alpha value is -1.66. The minimum Gasteiger partial charge on any atom is -0.465 e. The Morgan fingerprint density at radius 2 is 2.15 bits per heavy atom. The summed E-state index contributed by atoms with van der Waals surface area (Å²) in [7, 11) is 0. The van der Waals surface area contributed by atoms with Crippen molar-refractivity contribution in [3.8, 4) is 0 Å². The van der Waals surface area contributed by atoms with Gasteiger partial charge in [-0.15, -0.1) is 0 Å². The Bertz CT molecular complexity index is 625. The second-order valence-electron chi connectivity index (χ2n) is 4.58. The lowest BCUT2D eigenvalue weighted by Gasteiger charge is -2.11. The molecule has 0 saturated heterocycles. The van der Waals surface area contributed by atoms with Crippen molar-refractivity contribution in [1.82, 2.24) is 5.32 Å². The van der Waals surface area contributed by atoms with Crippen LogP contribution in [0.25, 0.3) is 0 Å². The zero-order valence-corrected chi connectivity index (χ0v) is 12.8. The summed E-state index contributed by atoms with van der Waals surface area (Å²) in [4.78, 5) is 10.7. The van der Waals surface area contributed by atoms with Crippen LogP contribution in [0.4, 0.5) is 5.69 Å². The van der Waals surface area contributed by atoms with E-state index in [1.54, 1.807) is 12.1 Å². The number of aryl methyl sites for hydroxylation is 1. The van der Waals surface area contributed by atoms with E-state index in [4.69, 9.17) is 4.42 Å². The van der Waals surface area contributed by atoms with Gasteiger partial charge in [0.1, 0.15) is 11.5 Å². The summed E-state index contributed by atoms with van der Waals surface area (Å²) in [5.41, 5.74) is 0.753. The fourth-order valence-electron chi connectivity index (χ4n) is 1.91. The van der Waals surface area contributed by atoms with Crippen LogP contribution in [-0.4, -0.2) is 4.92 Å². The van der Waals surface area contributed by atoms with Gasteiger partial charge in [-0.3, -0.25) is 10.1 Å². The minimum atomic E-state index is -0.372. The zero-order valence-electron chi connectivity index (χ0n) is 11.2. The summed E-state index contributed by atoms with van der Waals surface area (Å²) in [5.74, 6) is 1.67. The van der Waals surface area contributed by atoms with Crippen LogP contribution in [0.15, 0.2) is 39.2 Å². The number of hydrogen-bond acceptors (Lipinski definition) is 4. The molecule has 0 aliphatic rings. The van der Waals surface area contributed by atoms with E-state index in [-0.39, 0.29) is 16.7 Å². The highest BCUT2D eigenvalue weighted by molar-refractivity contribution is 9.10. The molecule has 1 atom stereocenters. The topological polar surface area (TPSA) is 68.3 Å². The van der Waals surface area contributed by atoms with Crippen molar-refractivity contribution in [3.63, 3.8) is 0 Å². The van der Waals surface area contributed by atoms with Gasteiger partial charge in [-0.1, -0.05) is 15.9 Å². The quantitative estimate of drug-likeness (QED) is 0.657. The van der Waals surface area contributed by atoms with Crippen LogP contribution in [0.3, 0.4) is 0 Å². The second kappa shape index (κ2) is 6.19. The normalized spacial score (nSPS) is 12.3. The molecule has 1 N–H and O–H groups in total. The second-order valence-corrected chi connectivity index (χ2v) is 5.50. The molecule has 1 aromatic heterocycles. The number of furan rings is 1. The van der Waals surface area contributed by atoms with Crippen LogP contribution in [0.1, 0.15) is 30.0 Å². The van der Waals surface area contributed by atoms with Gasteiger partial charge in [-0.2, -0.15) is 0 Å². The molecule has 0 aliphatic carbocycles. The maximum absolute atomic E-state index is 11.0. The maximum Gasteiger partial charge on any atom is 0.275 e. The van der Waals surface area contributed by atoms with Crippen molar-refractivity contribution in [3.05, 3.63) is 62.0 Å². The highest BCUT2D eigenvalue weighted by Crippen LogP contribution is 2.24. The number of benzene rings is 1. The molecule has 1 heterocycles. The van der Waals surface area contributed by atoms with Gasteiger partial charge in [0.25, 0.3) is 5.69 Å². The van der Waals surface area contributed by atoms with Gasteiger partial charge in [-0.25, -0.2) is 0 Å². The molecular weight excluding hydrogens is 324 g/mol. The fraction of sp³-hybridized carbons (Fsp3) is 0.286. The molecule has 2 aromatic rings. The molecule has 106 valence electrons. The van der Waals surface area contributed by atoms with Crippen LogP contribution >= 0.6 is 15.9 Å². The first-order chi connectivity index (χ1) is 9.47. The highest BCUT2D eigenvalue weighted by atomic mass is 79.9. The van der Waals surface area contributed by atoms with Crippen LogP contribution in [0.2, 0.25) is 0 Å². The van der Waals surface area contributed by atoms with E-state index < -0.39 is 0 Å². The number of rotatable bonds is 5. The van der Waals surface area contributed by atoms with Crippen molar-refractivity contribution in [2.75, 3.05) is 0 Å². The highest BCUT2D eigenvalue weighted by Gasteiger charge is 2.16. The minimum absolute atomic E-state index is 0.00745. The first-order valence-electron chi connectivity index (χ1n) is 6.20. The molecule has 0 bridgehead atoms. The van der Waals surface area contributed by atoms with Crippen molar-refractivity contribution in [1.29, 1.82) is 0 Å². The van der Waals surface area contributed by atoms with E-state index in [1.165, 1.54) is 6.07 Å². The Morgan fingerprint density at radius 1 is 1.40 bits per heavy atom. The lowest BCUT2D eigenvalue weighted by Crippen LogP contribution is -2.18. The zero-order chi connectivity index (χ0) is 14.7. The molecule has 0 amide bonds.